The smallest absolute Gasteiger partial charge is 0.327 e. The molecule has 2 aromatic rings. The first-order valence-electron chi connectivity index (χ1n) is 9.53. The zero-order chi connectivity index (χ0) is 21.7. The summed E-state index contributed by atoms with van der Waals surface area (Å²) < 4.78 is 15.6. The summed E-state index contributed by atoms with van der Waals surface area (Å²) in [5, 5.41) is 14.6. The maximum Gasteiger partial charge on any atom is 0.327 e. The number of methoxy groups -OCH3 is 3. The van der Waals surface area contributed by atoms with Crippen molar-refractivity contribution in [3.63, 3.8) is 0 Å². The van der Waals surface area contributed by atoms with E-state index in [2.05, 4.69) is 22.3 Å². The minimum absolute atomic E-state index is 0.0677. The van der Waals surface area contributed by atoms with E-state index >= 15 is 0 Å². The van der Waals surface area contributed by atoms with Gasteiger partial charge >= 0.3 is 5.69 Å². The molecular formula is C21H25N3O6. The number of hydrogen-bond acceptors (Lipinski definition) is 7. The predicted molar refractivity (Wildman–Crippen MR) is 110 cm³/mol. The molecule has 0 saturated carbocycles. The largest absolute Gasteiger partial charge is 0.493 e. The van der Waals surface area contributed by atoms with Crippen molar-refractivity contribution in [1.29, 1.82) is 0 Å². The highest BCUT2D eigenvalue weighted by atomic mass is 16.6. The molecule has 1 atom stereocenters. The van der Waals surface area contributed by atoms with Crippen LogP contribution in [0.4, 0.5) is 5.69 Å². The van der Waals surface area contributed by atoms with Gasteiger partial charge in [0, 0.05) is 31.7 Å². The summed E-state index contributed by atoms with van der Waals surface area (Å²) in [5.41, 5.74) is 0.618. The van der Waals surface area contributed by atoms with Crippen LogP contribution >= 0.6 is 0 Å². The lowest BCUT2D eigenvalue weighted by Crippen LogP contribution is -2.37. The third-order valence-corrected chi connectivity index (χ3v) is 5.09. The van der Waals surface area contributed by atoms with Crippen LogP contribution < -0.4 is 19.5 Å². The molecule has 30 heavy (non-hydrogen) atoms. The van der Waals surface area contributed by atoms with Gasteiger partial charge in [0.15, 0.2) is 5.75 Å². The van der Waals surface area contributed by atoms with E-state index in [4.69, 9.17) is 14.2 Å². The molecule has 9 heteroatoms. The molecule has 0 radical (unpaired) electrons. The second kappa shape index (κ2) is 9.45. The van der Waals surface area contributed by atoms with Crippen LogP contribution in [0.2, 0.25) is 0 Å². The molecule has 2 aromatic carbocycles. The van der Waals surface area contributed by atoms with Gasteiger partial charge in [-0.15, -0.1) is 0 Å². The van der Waals surface area contributed by atoms with E-state index in [1.165, 1.54) is 33.0 Å². The first-order valence-corrected chi connectivity index (χ1v) is 9.53. The van der Waals surface area contributed by atoms with E-state index in [9.17, 15) is 14.9 Å². The number of carbonyl (C=O) groups is 1. The van der Waals surface area contributed by atoms with Crippen molar-refractivity contribution >= 4 is 11.6 Å². The Balaban J connectivity index is 1.79. The monoisotopic (exact) mass is 415 g/mol. The average Bonchev–Trinajstić information content (AvgIpc) is 3.18. The number of likely N-dealkylation sites (tertiary alicyclic amines) is 1. The zero-order valence-electron chi connectivity index (χ0n) is 17.2. The molecular weight excluding hydrogens is 390 g/mol. The van der Waals surface area contributed by atoms with Crippen LogP contribution in [0.25, 0.3) is 0 Å². The molecule has 0 aromatic heterocycles. The van der Waals surface area contributed by atoms with Crippen molar-refractivity contribution in [1.82, 2.24) is 10.2 Å². The molecule has 1 aliphatic heterocycles. The van der Waals surface area contributed by atoms with Gasteiger partial charge in [-0.3, -0.25) is 19.8 Å². The van der Waals surface area contributed by atoms with Crippen molar-refractivity contribution in [2.45, 2.75) is 19.0 Å². The lowest BCUT2D eigenvalue weighted by Gasteiger charge is -2.18. The number of nitro benzene ring substituents is 1. The van der Waals surface area contributed by atoms with E-state index in [0.717, 1.165) is 19.5 Å². The number of carbonyl (C=O) groups excluding carboxylic acids is 1. The Morgan fingerprint density at radius 2 is 1.87 bits per heavy atom. The lowest BCUT2D eigenvalue weighted by molar-refractivity contribution is -0.386. The maximum atomic E-state index is 12.9. The van der Waals surface area contributed by atoms with Gasteiger partial charge in [-0.25, -0.2) is 0 Å². The fraction of sp³-hybridized carbons (Fsp3) is 0.381. The van der Waals surface area contributed by atoms with E-state index in [1.807, 2.05) is 18.2 Å². The van der Waals surface area contributed by atoms with Crippen LogP contribution in [0.1, 0.15) is 22.3 Å². The minimum Gasteiger partial charge on any atom is -0.493 e. The summed E-state index contributed by atoms with van der Waals surface area (Å²) in [6.45, 7) is 2.29. The van der Waals surface area contributed by atoms with Gasteiger partial charge < -0.3 is 19.5 Å². The number of nitrogens with one attached hydrogen (secondary N) is 1. The third-order valence-electron chi connectivity index (χ3n) is 5.09. The zero-order valence-corrected chi connectivity index (χ0v) is 17.2. The molecule has 0 aliphatic carbocycles. The highest BCUT2D eigenvalue weighted by Crippen LogP contribution is 2.46. The fourth-order valence-electron chi connectivity index (χ4n) is 3.69. The molecule has 9 nitrogen and oxygen atoms in total. The Morgan fingerprint density at radius 1 is 1.17 bits per heavy atom. The van der Waals surface area contributed by atoms with E-state index in [0.29, 0.717) is 6.54 Å². The normalized spacial score (nSPS) is 16.2. The average molecular weight is 415 g/mol. The van der Waals surface area contributed by atoms with E-state index < -0.39 is 16.5 Å². The number of nitro groups is 1. The molecule has 1 amide bonds. The summed E-state index contributed by atoms with van der Waals surface area (Å²) in [6, 6.07) is 11.3. The SMILES string of the molecule is COc1cc(C(=O)NC2CCN(Cc3ccccc3)C2)c([N+](=O)[O-])c(OC)c1OC. The molecule has 1 N–H and O–H groups in total. The van der Waals surface area contributed by atoms with Gasteiger partial charge in [0.1, 0.15) is 5.56 Å². The van der Waals surface area contributed by atoms with Gasteiger partial charge in [0.2, 0.25) is 11.5 Å². The van der Waals surface area contributed by atoms with Gasteiger partial charge in [-0.1, -0.05) is 30.3 Å². The molecule has 0 bridgehead atoms. The Bertz CT molecular complexity index is 919. The Labute approximate surface area is 174 Å². The number of ether oxygens (including phenoxy) is 3. The van der Waals surface area contributed by atoms with Crippen LogP contribution in [-0.4, -0.2) is 56.2 Å². The summed E-state index contributed by atoms with van der Waals surface area (Å²) in [4.78, 5) is 26.2. The maximum absolute atomic E-state index is 12.9. The predicted octanol–water partition coefficient (Wildman–Crippen LogP) is 2.62. The first kappa shape index (κ1) is 21.4. The molecule has 1 saturated heterocycles. The van der Waals surface area contributed by atoms with Gasteiger partial charge in [-0.2, -0.15) is 0 Å². The summed E-state index contributed by atoms with van der Waals surface area (Å²) >= 11 is 0. The highest BCUT2D eigenvalue weighted by molar-refractivity contribution is 6.00. The number of hydrogen-bond donors (Lipinski definition) is 1. The van der Waals surface area contributed by atoms with Crippen molar-refractivity contribution < 1.29 is 23.9 Å². The molecule has 3 rings (SSSR count). The quantitative estimate of drug-likeness (QED) is 0.522. The van der Waals surface area contributed by atoms with Crippen molar-refractivity contribution in [3.05, 3.63) is 57.6 Å². The van der Waals surface area contributed by atoms with E-state index in [-0.39, 0.29) is 28.9 Å². The second-order valence-electron chi connectivity index (χ2n) is 6.98. The van der Waals surface area contributed by atoms with Crippen LogP contribution in [0.3, 0.4) is 0 Å². The fourth-order valence-corrected chi connectivity index (χ4v) is 3.69. The number of amides is 1. The van der Waals surface area contributed by atoms with Crippen molar-refractivity contribution in [2.24, 2.45) is 0 Å². The molecule has 1 fully saturated rings. The van der Waals surface area contributed by atoms with Gasteiger partial charge in [0.25, 0.3) is 5.91 Å². The Hall–Kier alpha value is -3.33. The molecule has 1 heterocycles. The van der Waals surface area contributed by atoms with Gasteiger partial charge in [-0.05, 0) is 12.0 Å². The molecule has 0 spiro atoms. The van der Waals surface area contributed by atoms with Gasteiger partial charge in [0.05, 0.1) is 26.3 Å². The van der Waals surface area contributed by atoms with Crippen LogP contribution in [0.5, 0.6) is 17.2 Å². The number of rotatable bonds is 8. The number of nitrogens with zero attached hydrogens (tertiary/aromatic N) is 2. The summed E-state index contributed by atoms with van der Waals surface area (Å²) in [7, 11) is 4.03. The Morgan fingerprint density at radius 3 is 2.47 bits per heavy atom. The summed E-state index contributed by atoms with van der Waals surface area (Å²) in [6.07, 6.45) is 0.761. The standard InChI is InChI=1S/C21H25N3O6/c1-28-17-11-16(18(24(26)27)20(30-3)19(17)29-2)21(25)22-15-9-10-23(13-15)12-14-7-5-4-6-8-14/h4-8,11,15H,9-10,12-13H2,1-3H3,(H,22,25). The van der Waals surface area contributed by atoms with E-state index in [1.54, 1.807) is 0 Å². The van der Waals surface area contributed by atoms with Crippen LogP contribution in [0.15, 0.2) is 36.4 Å². The molecule has 1 aliphatic rings. The van der Waals surface area contributed by atoms with Crippen LogP contribution in [0, 0.1) is 10.1 Å². The Kier molecular flexibility index (Phi) is 6.73. The molecule has 160 valence electrons. The molecule has 1 unspecified atom stereocenters. The topological polar surface area (TPSA) is 103 Å². The van der Waals surface area contributed by atoms with Crippen molar-refractivity contribution in [2.75, 3.05) is 34.4 Å². The highest BCUT2D eigenvalue weighted by Gasteiger charge is 2.34. The van der Waals surface area contributed by atoms with Crippen molar-refractivity contribution in [3.8, 4) is 17.2 Å². The van der Waals surface area contributed by atoms with Crippen LogP contribution in [-0.2, 0) is 6.54 Å². The third kappa shape index (κ3) is 4.46. The second-order valence-corrected chi connectivity index (χ2v) is 6.98. The summed E-state index contributed by atoms with van der Waals surface area (Å²) in [5.74, 6) is -0.447. The first-order chi connectivity index (χ1) is 14.5. The lowest BCUT2D eigenvalue weighted by atomic mass is 10.1. The minimum atomic E-state index is -0.647. The number of benzene rings is 2.